The van der Waals surface area contributed by atoms with Crippen LogP contribution in [0.5, 0.6) is 0 Å². The van der Waals surface area contributed by atoms with E-state index >= 15 is 0 Å². The van der Waals surface area contributed by atoms with Crippen molar-refractivity contribution < 1.29 is 17.6 Å². The number of carbonyl (C=O) groups is 1. The van der Waals surface area contributed by atoms with Crippen molar-refractivity contribution in [2.75, 3.05) is 18.1 Å². The van der Waals surface area contributed by atoms with Gasteiger partial charge in [-0.25, -0.2) is 12.8 Å². The molecule has 1 aliphatic rings. The molecule has 0 spiro atoms. The van der Waals surface area contributed by atoms with Crippen LogP contribution in [-0.2, 0) is 9.84 Å². The summed E-state index contributed by atoms with van der Waals surface area (Å²) in [6.07, 6.45) is 0. The second-order valence-electron chi connectivity index (χ2n) is 4.56. The molecule has 1 atom stereocenters. The molecule has 0 N–H and O–H groups in total. The zero-order valence-corrected chi connectivity index (χ0v) is 12.7. The van der Waals surface area contributed by atoms with Crippen LogP contribution in [0.15, 0.2) is 22.7 Å². The van der Waals surface area contributed by atoms with Crippen molar-refractivity contribution in [3.05, 3.63) is 34.1 Å². The van der Waals surface area contributed by atoms with Gasteiger partial charge < -0.3 is 4.90 Å². The average molecular weight is 350 g/mol. The van der Waals surface area contributed by atoms with E-state index in [-0.39, 0.29) is 34.0 Å². The third-order valence-electron chi connectivity index (χ3n) is 3.11. The van der Waals surface area contributed by atoms with Crippen LogP contribution < -0.4 is 0 Å². The summed E-state index contributed by atoms with van der Waals surface area (Å²) in [7, 11) is -3.08. The molecule has 0 aliphatic carbocycles. The maximum Gasteiger partial charge on any atom is 0.255 e. The Labute approximate surface area is 119 Å². The molecule has 1 amide bonds. The second kappa shape index (κ2) is 5.20. The molecule has 1 fully saturated rings. The fourth-order valence-electron chi connectivity index (χ4n) is 2.12. The summed E-state index contributed by atoms with van der Waals surface area (Å²) in [5, 5.41) is 0. The topological polar surface area (TPSA) is 54.5 Å². The first kappa shape index (κ1) is 14.5. The molecule has 1 aromatic rings. The molecule has 1 unspecified atom stereocenters. The lowest BCUT2D eigenvalue weighted by molar-refractivity contribution is 0.0711. The Hall–Kier alpha value is -0.950. The van der Waals surface area contributed by atoms with E-state index < -0.39 is 21.7 Å². The van der Waals surface area contributed by atoms with Gasteiger partial charge in [0.05, 0.1) is 21.5 Å². The predicted molar refractivity (Wildman–Crippen MR) is 73.3 cm³/mol. The maximum atomic E-state index is 13.4. The number of hydrogen-bond donors (Lipinski definition) is 0. The van der Waals surface area contributed by atoms with Gasteiger partial charge in [0.1, 0.15) is 5.82 Å². The first-order valence-electron chi connectivity index (χ1n) is 5.77. The largest absolute Gasteiger partial charge is 0.334 e. The van der Waals surface area contributed by atoms with Gasteiger partial charge in [-0.2, -0.15) is 0 Å². The molecular formula is C12H13BrFNO3S. The van der Waals surface area contributed by atoms with E-state index in [2.05, 4.69) is 15.9 Å². The molecule has 1 heterocycles. The van der Waals surface area contributed by atoms with Crippen LogP contribution in [0, 0.1) is 5.82 Å². The summed E-state index contributed by atoms with van der Waals surface area (Å²) < 4.78 is 36.5. The number of amides is 1. The lowest BCUT2D eigenvalue weighted by atomic mass is 10.1. The highest BCUT2D eigenvalue weighted by Crippen LogP contribution is 2.24. The molecule has 2 rings (SSSR count). The number of carbonyl (C=O) groups excluding carboxylic acids is 1. The lowest BCUT2D eigenvalue weighted by Gasteiger charge is -2.33. The number of nitrogens with zero attached hydrogens (tertiary/aromatic N) is 1. The number of halogens is 2. The zero-order chi connectivity index (χ0) is 14.2. The van der Waals surface area contributed by atoms with E-state index in [4.69, 9.17) is 0 Å². The van der Waals surface area contributed by atoms with Crippen LogP contribution in [0.3, 0.4) is 0 Å². The van der Waals surface area contributed by atoms with Gasteiger partial charge in [-0.15, -0.1) is 0 Å². The van der Waals surface area contributed by atoms with Gasteiger partial charge in [-0.1, -0.05) is 6.07 Å². The van der Waals surface area contributed by atoms with E-state index in [9.17, 15) is 17.6 Å². The summed E-state index contributed by atoms with van der Waals surface area (Å²) in [6, 6.07) is 3.83. The van der Waals surface area contributed by atoms with Crippen LogP contribution in [0.2, 0.25) is 0 Å². The Morgan fingerprint density at radius 3 is 2.79 bits per heavy atom. The third kappa shape index (κ3) is 2.97. The average Bonchev–Trinajstić information content (AvgIpc) is 2.31. The predicted octanol–water partition coefficient (Wildman–Crippen LogP) is 1.85. The Balaban J connectivity index is 2.28. The summed E-state index contributed by atoms with van der Waals surface area (Å²) >= 11 is 3.05. The van der Waals surface area contributed by atoms with E-state index in [1.165, 1.54) is 23.1 Å². The molecular weight excluding hydrogens is 337 g/mol. The van der Waals surface area contributed by atoms with Crippen molar-refractivity contribution in [1.29, 1.82) is 0 Å². The first-order chi connectivity index (χ1) is 8.82. The van der Waals surface area contributed by atoms with Gasteiger partial charge in [-0.3, -0.25) is 4.79 Å². The normalized spacial score (nSPS) is 22.3. The Morgan fingerprint density at radius 2 is 2.16 bits per heavy atom. The number of sulfone groups is 1. The summed E-state index contributed by atoms with van der Waals surface area (Å²) in [6.45, 7) is 1.83. The fourth-order valence-corrected chi connectivity index (χ4v) is 4.11. The quantitative estimate of drug-likeness (QED) is 0.777. The monoisotopic (exact) mass is 349 g/mol. The highest BCUT2D eigenvalue weighted by molar-refractivity contribution is 9.10. The van der Waals surface area contributed by atoms with Gasteiger partial charge in [-0.05, 0) is 35.0 Å². The van der Waals surface area contributed by atoms with Crippen molar-refractivity contribution >= 4 is 31.7 Å². The van der Waals surface area contributed by atoms with Gasteiger partial charge in [0.2, 0.25) is 0 Å². The standard InChI is InChI=1S/C12H13BrFNO3S/c1-8-7-19(17,18)6-5-15(8)12(16)9-3-2-4-10(14)11(9)13/h2-4,8H,5-7H2,1H3. The molecule has 19 heavy (non-hydrogen) atoms. The molecule has 4 nitrogen and oxygen atoms in total. The van der Waals surface area contributed by atoms with E-state index in [0.717, 1.165) is 0 Å². The van der Waals surface area contributed by atoms with Crippen LogP contribution >= 0.6 is 15.9 Å². The second-order valence-corrected chi connectivity index (χ2v) is 7.59. The van der Waals surface area contributed by atoms with Crippen molar-refractivity contribution in [1.82, 2.24) is 4.90 Å². The minimum Gasteiger partial charge on any atom is -0.334 e. The summed E-state index contributed by atoms with van der Waals surface area (Å²) in [5.74, 6) is -0.960. The number of rotatable bonds is 1. The lowest BCUT2D eigenvalue weighted by Crippen LogP contribution is -2.49. The number of benzene rings is 1. The maximum absolute atomic E-state index is 13.4. The minimum atomic E-state index is -3.08. The third-order valence-corrected chi connectivity index (χ3v) is 5.71. The SMILES string of the molecule is CC1CS(=O)(=O)CCN1C(=O)c1cccc(F)c1Br. The van der Waals surface area contributed by atoms with E-state index in [1.807, 2.05) is 0 Å². The Morgan fingerprint density at radius 1 is 1.47 bits per heavy atom. The van der Waals surface area contributed by atoms with Gasteiger partial charge in [0.25, 0.3) is 5.91 Å². The zero-order valence-electron chi connectivity index (χ0n) is 10.3. The van der Waals surface area contributed by atoms with Crippen LogP contribution in [0.1, 0.15) is 17.3 Å². The highest BCUT2D eigenvalue weighted by Gasteiger charge is 2.32. The van der Waals surface area contributed by atoms with Gasteiger partial charge in [0, 0.05) is 12.6 Å². The molecule has 104 valence electrons. The van der Waals surface area contributed by atoms with Crippen molar-refractivity contribution in [3.63, 3.8) is 0 Å². The Kier molecular flexibility index (Phi) is 3.96. The molecule has 0 bridgehead atoms. The minimum absolute atomic E-state index is 0.0456. The smallest absolute Gasteiger partial charge is 0.255 e. The highest BCUT2D eigenvalue weighted by atomic mass is 79.9. The molecule has 1 aromatic carbocycles. The molecule has 0 aromatic heterocycles. The summed E-state index contributed by atoms with van der Waals surface area (Å²) in [4.78, 5) is 13.8. The first-order valence-corrected chi connectivity index (χ1v) is 8.38. The molecule has 1 aliphatic heterocycles. The van der Waals surface area contributed by atoms with E-state index in [0.29, 0.717) is 0 Å². The Bertz CT molecular complexity index is 617. The van der Waals surface area contributed by atoms with E-state index in [1.54, 1.807) is 6.92 Å². The summed E-state index contributed by atoms with van der Waals surface area (Å²) in [5.41, 5.74) is 0.214. The van der Waals surface area contributed by atoms with Gasteiger partial charge in [0.15, 0.2) is 9.84 Å². The van der Waals surface area contributed by atoms with Crippen molar-refractivity contribution in [3.8, 4) is 0 Å². The van der Waals surface area contributed by atoms with Crippen LogP contribution in [0.4, 0.5) is 4.39 Å². The number of hydrogen-bond acceptors (Lipinski definition) is 3. The molecule has 0 radical (unpaired) electrons. The molecule has 7 heteroatoms. The molecule has 1 saturated heterocycles. The van der Waals surface area contributed by atoms with Crippen molar-refractivity contribution in [2.24, 2.45) is 0 Å². The fraction of sp³-hybridized carbons (Fsp3) is 0.417. The van der Waals surface area contributed by atoms with Crippen LogP contribution in [0.25, 0.3) is 0 Å². The van der Waals surface area contributed by atoms with Gasteiger partial charge >= 0.3 is 0 Å². The van der Waals surface area contributed by atoms with Crippen LogP contribution in [-0.4, -0.2) is 43.3 Å². The molecule has 0 saturated carbocycles. The van der Waals surface area contributed by atoms with Crippen molar-refractivity contribution in [2.45, 2.75) is 13.0 Å².